The molecule has 1 amide bonds. The third-order valence-corrected chi connectivity index (χ3v) is 4.24. The molecule has 2 aliphatic rings. The molecule has 0 saturated heterocycles. The van der Waals surface area contributed by atoms with Gasteiger partial charge in [-0.3, -0.25) is 9.78 Å². The normalized spacial score (nSPS) is 16.0. The van der Waals surface area contributed by atoms with Gasteiger partial charge in [0.1, 0.15) is 0 Å². The Morgan fingerprint density at radius 2 is 2.10 bits per heavy atom. The van der Waals surface area contributed by atoms with Crippen LogP contribution in [0.3, 0.4) is 0 Å². The van der Waals surface area contributed by atoms with Crippen LogP contribution in [-0.4, -0.2) is 17.4 Å². The number of aromatic nitrogens is 1. The van der Waals surface area contributed by atoms with E-state index in [1.807, 2.05) is 18.3 Å². The van der Waals surface area contributed by atoms with Crippen LogP contribution < -0.4 is 5.32 Å². The summed E-state index contributed by atoms with van der Waals surface area (Å²) in [4.78, 5) is 16.3. The minimum atomic E-state index is 0.0427. The van der Waals surface area contributed by atoms with Crippen molar-refractivity contribution >= 4 is 11.5 Å². The van der Waals surface area contributed by atoms with Crippen LogP contribution in [0.5, 0.6) is 0 Å². The van der Waals surface area contributed by atoms with Gasteiger partial charge in [0.2, 0.25) is 0 Å². The minimum absolute atomic E-state index is 0.0427. The molecule has 0 radical (unpaired) electrons. The Balaban J connectivity index is 1.80. The molecule has 0 atom stereocenters. The van der Waals surface area contributed by atoms with Crippen LogP contribution in [0, 0.1) is 6.92 Å². The number of carbonyl (C=O) groups excluding carboxylic acids is 1. The maximum atomic E-state index is 11.8. The number of nitrogens with zero attached hydrogens (tertiary/aromatic N) is 1. The first-order chi connectivity index (χ1) is 10.2. The van der Waals surface area contributed by atoms with Crippen LogP contribution in [0.15, 0.2) is 36.5 Å². The van der Waals surface area contributed by atoms with Gasteiger partial charge in [0.15, 0.2) is 0 Å². The number of hydrogen-bond acceptors (Lipinski definition) is 2. The van der Waals surface area contributed by atoms with Crippen molar-refractivity contribution in [3.8, 4) is 0 Å². The van der Waals surface area contributed by atoms with Gasteiger partial charge >= 0.3 is 0 Å². The average Bonchev–Trinajstić information content (AvgIpc) is 2.90. The molecule has 0 fully saturated rings. The molecule has 1 aromatic carbocycles. The monoisotopic (exact) mass is 276 g/mol. The van der Waals surface area contributed by atoms with E-state index in [0.29, 0.717) is 0 Å². The molecule has 4 rings (SSSR count). The Bertz CT molecular complexity index is 790. The van der Waals surface area contributed by atoms with Crippen LogP contribution in [0.1, 0.15) is 38.3 Å². The lowest BCUT2D eigenvalue weighted by atomic mass is 9.93. The van der Waals surface area contributed by atoms with Crippen molar-refractivity contribution in [2.45, 2.75) is 19.8 Å². The molecular formula is C18H16N2O. The standard InChI is InChI=1S/C18H16N2O/c1-11-8-16-14(4-5-17(16)20-10-11)12-2-3-15-13(9-12)6-7-19-18(15)21/h2-4,8-10H,5-7H2,1H3,(H,19,21). The fraction of sp³-hybridized carbons (Fsp3) is 0.222. The summed E-state index contributed by atoms with van der Waals surface area (Å²) in [6, 6.07) is 8.36. The Morgan fingerprint density at radius 3 is 3.00 bits per heavy atom. The molecule has 0 bridgehead atoms. The van der Waals surface area contributed by atoms with Crippen LogP contribution in [-0.2, 0) is 12.8 Å². The zero-order chi connectivity index (χ0) is 14.4. The van der Waals surface area contributed by atoms with Crippen LogP contribution in [0.2, 0.25) is 0 Å². The molecule has 104 valence electrons. The first-order valence-corrected chi connectivity index (χ1v) is 7.30. The number of nitrogens with one attached hydrogen (secondary N) is 1. The van der Waals surface area contributed by atoms with Crippen molar-refractivity contribution in [1.82, 2.24) is 10.3 Å². The van der Waals surface area contributed by atoms with E-state index in [4.69, 9.17) is 0 Å². The number of aryl methyl sites for hydroxylation is 1. The highest BCUT2D eigenvalue weighted by molar-refractivity contribution is 5.97. The number of benzene rings is 1. The Kier molecular flexibility index (Phi) is 2.67. The summed E-state index contributed by atoms with van der Waals surface area (Å²) in [7, 11) is 0. The van der Waals surface area contributed by atoms with E-state index in [0.717, 1.165) is 36.2 Å². The second-order valence-corrected chi connectivity index (χ2v) is 5.71. The molecule has 1 aromatic heterocycles. The quantitative estimate of drug-likeness (QED) is 0.870. The van der Waals surface area contributed by atoms with Gasteiger partial charge in [0.05, 0.1) is 5.69 Å². The van der Waals surface area contributed by atoms with Crippen molar-refractivity contribution in [3.05, 3.63) is 70.0 Å². The van der Waals surface area contributed by atoms with Crippen molar-refractivity contribution in [1.29, 1.82) is 0 Å². The predicted molar refractivity (Wildman–Crippen MR) is 82.2 cm³/mol. The van der Waals surface area contributed by atoms with Crippen LogP contribution in [0.25, 0.3) is 5.57 Å². The lowest BCUT2D eigenvalue weighted by Crippen LogP contribution is -2.31. The third-order valence-electron chi connectivity index (χ3n) is 4.24. The summed E-state index contributed by atoms with van der Waals surface area (Å²) >= 11 is 0. The first-order valence-electron chi connectivity index (χ1n) is 7.30. The number of amides is 1. The molecule has 0 unspecified atom stereocenters. The van der Waals surface area contributed by atoms with E-state index in [-0.39, 0.29) is 5.91 Å². The second-order valence-electron chi connectivity index (χ2n) is 5.71. The molecule has 21 heavy (non-hydrogen) atoms. The van der Waals surface area contributed by atoms with Crippen LogP contribution >= 0.6 is 0 Å². The van der Waals surface area contributed by atoms with Gasteiger partial charge in [-0.05, 0) is 47.7 Å². The number of rotatable bonds is 1. The van der Waals surface area contributed by atoms with Gasteiger partial charge in [-0.1, -0.05) is 18.2 Å². The maximum absolute atomic E-state index is 11.8. The molecule has 1 aliphatic carbocycles. The predicted octanol–water partition coefficient (Wildman–Crippen LogP) is 2.66. The van der Waals surface area contributed by atoms with Gasteiger partial charge < -0.3 is 5.32 Å². The highest BCUT2D eigenvalue weighted by Crippen LogP contribution is 2.33. The fourth-order valence-electron chi connectivity index (χ4n) is 3.17. The molecule has 2 heterocycles. The molecular weight excluding hydrogens is 260 g/mol. The number of pyridine rings is 1. The van der Waals surface area contributed by atoms with Crippen molar-refractivity contribution in [3.63, 3.8) is 0 Å². The van der Waals surface area contributed by atoms with E-state index in [1.165, 1.54) is 22.3 Å². The van der Waals surface area contributed by atoms with Gasteiger partial charge in [0, 0.05) is 30.3 Å². The number of fused-ring (bicyclic) bond motifs is 2. The minimum Gasteiger partial charge on any atom is -0.352 e. The topological polar surface area (TPSA) is 42.0 Å². The summed E-state index contributed by atoms with van der Waals surface area (Å²) in [6.45, 7) is 2.80. The van der Waals surface area contributed by atoms with E-state index in [9.17, 15) is 4.79 Å². The summed E-state index contributed by atoms with van der Waals surface area (Å²) in [5.41, 5.74) is 7.95. The van der Waals surface area contributed by atoms with Gasteiger partial charge in [-0.25, -0.2) is 0 Å². The molecule has 2 aromatic rings. The van der Waals surface area contributed by atoms with Crippen molar-refractivity contribution in [2.75, 3.05) is 6.54 Å². The highest BCUT2D eigenvalue weighted by atomic mass is 16.1. The average molecular weight is 276 g/mol. The van der Waals surface area contributed by atoms with E-state index in [2.05, 4.69) is 35.4 Å². The van der Waals surface area contributed by atoms with Gasteiger partial charge in [0.25, 0.3) is 5.91 Å². The number of carbonyl (C=O) groups is 1. The van der Waals surface area contributed by atoms with Gasteiger partial charge in [-0.15, -0.1) is 0 Å². The lowest BCUT2D eigenvalue weighted by molar-refractivity contribution is 0.0946. The smallest absolute Gasteiger partial charge is 0.251 e. The second kappa shape index (κ2) is 4.55. The Labute approximate surface area is 123 Å². The van der Waals surface area contributed by atoms with E-state index in [1.54, 1.807) is 0 Å². The maximum Gasteiger partial charge on any atom is 0.251 e. The summed E-state index contributed by atoms with van der Waals surface area (Å²) in [5, 5.41) is 2.89. The van der Waals surface area contributed by atoms with E-state index >= 15 is 0 Å². The summed E-state index contributed by atoms with van der Waals surface area (Å²) in [5.74, 6) is 0.0427. The molecule has 0 saturated carbocycles. The molecule has 1 N–H and O–H groups in total. The summed E-state index contributed by atoms with van der Waals surface area (Å²) < 4.78 is 0. The SMILES string of the molecule is Cc1cnc2c(c1)C(c1ccc3c(c1)CCNC3=O)=CC2. The van der Waals surface area contributed by atoms with Crippen molar-refractivity contribution < 1.29 is 4.79 Å². The number of hydrogen-bond donors (Lipinski definition) is 1. The third kappa shape index (κ3) is 1.97. The zero-order valence-corrected chi connectivity index (χ0v) is 11.9. The molecule has 1 aliphatic heterocycles. The first kappa shape index (κ1) is 12.3. The number of allylic oxidation sites excluding steroid dienone is 1. The fourth-order valence-corrected chi connectivity index (χ4v) is 3.17. The van der Waals surface area contributed by atoms with Crippen molar-refractivity contribution in [2.24, 2.45) is 0 Å². The van der Waals surface area contributed by atoms with Gasteiger partial charge in [-0.2, -0.15) is 0 Å². The molecule has 3 nitrogen and oxygen atoms in total. The van der Waals surface area contributed by atoms with Crippen LogP contribution in [0.4, 0.5) is 0 Å². The Morgan fingerprint density at radius 1 is 1.19 bits per heavy atom. The largest absolute Gasteiger partial charge is 0.352 e. The summed E-state index contributed by atoms with van der Waals surface area (Å²) in [6.07, 6.45) is 5.96. The molecule has 3 heteroatoms. The Hall–Kier alpha value is -2.42. The molecule has 0 spiro atoms. The zero-order valence-electron chi connectivity index (χ0n) is 11.9. The lowest BCUT2D eigenvalue weighted by Gasteiger charge is -2.17. The van der Waals surface area contributed by atoms with E-state index < -0.39 is 0 Å². The highest BCUT2D eigenvalue weighted by Gasteiger charge is 2.20.